The van der Waals surface area contributed by atoms with Crippen LogP contribution >= 0.6 is 0 Å². The van der Waals surface area contributed by atoms with Crippen molar-refractivity contribution in [3.05, 3.63) is 84.6 Å². The molecule has 0 saturated carbocycles. The first-order valence-corrected chi connectivity index (χ1v) is 10.2. The quantitative estimate of drug-likeness (QED) is 0.295. The summed E-state index contributed by atoms with van der Waals surface area (Å²) < 4.78 is 0. The fourth-order valence-corrected chi connectivity index (χ4v) is 4.03. The lowest BCUT2D eigenvalue weighted by molar-refractivity contribution is 0.475. The summed E-state index contributed by atoms with van der Waals surface area (Å²) in [5, 5.41) is 14.1. The number of phenolic OH excluding ortho intramolecular Hbond substituents is 1. The predicted octanol–water partition coefficient (Wildman–Crippen LogP) is 5.81. The van der Waals surface area contributed by atoms with Gasteiger partial charge >= 0.3 is 0 Å². The van der Waals surface area contributed by atoms with Crippen LogP contribution in [0.3, 0.4) is 0 Å². The Morgan fingerprint density at radius 2 is 1.68 bits per heavy atom. The highest BCUT2D eigenvalue weighted by atomic mass is 16.3. The number of hydrogen-bond acceptors (Lipinski definition) is 4. The van der Waals surface area contributed by atoms with Crippen molar-refractivity contribution in [2.75, 3.05) is 5.32 Å². The molecule has 2 aromatic carbocycles. The lowest BCUT2D eigenvalue weighted by Crippen LogP contribution is -2.10. The fraction of sp³-hybridized carbons (Fsp3) is 0.120. The molecule has 31 heavy (non-hydrogen) atoms. The predicted molar refractivity (Wildman–Crippen MR) is 124 cm³/mol. The number of aromatic hydroxyl groups is 1. The van der Waals surface area contributed by atoms with Crippen LogP contribution in [0, 0.1) is 6.92 Å². The van der Waals surface area contributed by atoms with Crippen LogP contribution in [-0.4, -0.2) is 25.0 Å². The second-order valence-corrected chi connectivity index (χ2v) is 7.71. The molecule has 3 aromatic heterocycles. The van der Waals surface area contributed by atoms with Gasteiger partial charge in [0.05, 0.1) is 11.4 Å². The molecular weight excluding hydrogens is 386 g/mol. The van der Waals surface area contributed by atoms with Gasteiger partial charge in [0.15, 0.2) is 0 Å². The third-order valence-corrected chi connectivity index (χ3v) is 5.50. The largest absolute Gasteiger partial charge is 0.508 e. The number of rotatable bonds is 5. The summed E-state index contributed by atoms with van der Waals surface area (Å²) in [7, 11) is 0. The zero-order chi connectivity index (χ0) is 21.4. The fourth-order valence-electron chi connectivity index (χ4n) is 4.03. The number of fused-ring (bicyclic) bond motifs is 1. The molecule has 1 atom stereocenters. The lowest BCUT2D eigenvalue weighted by Gasteiger charge is -2.17. The Bertz CT molecular complexity index is 1340. The van der Waals surface area contributed by atoms with Crippen LogP contribution in [0.5, 0.6) is 5.75 Å². The van der Waals surface area contributed by atoms with E-state index in [1.165, 1.54) is 11.1 Å². The van der Waals surface area contributed by atoms with Gasteiger partial charge < -0.3 is 20.4 Å². The first kappa shape index (κ1) is 18.9. The van der Waals surface area contributed by atoms with Crippen LogP contribution in [0.1, 0.15) is 24.4 Å². The third-order valence-electron chi connectivity index (χ3n) is 5.50. The van der Waals surface area contributed by atoms with Crippen molar-refractivity contribution in [2.45, 2.75) is 19.9 Å². The number of nitrogens with one attached hydrogen (secondary N) is 3. The Kier molecular flexibility index (Phi) is 4.67. The molecule has 0 aliphatic carbocycles. The van der Waals surface area contributed by atoms with Gasteiger partial charge in [0.2, 0.25) is 0 Å². The molecule has 154 valence electrons. The Labute approximate surface area is 180 Å². The number of benzene rings is 2. The van der Waals surface area contributed by atoms with E-state index in [0.717, 1.165) is 39.4 Å². The summed E-state index contributed by atoms with van der Waals surface area (Å²) in [6.07, 6.45) is 3.49. The van der Waals surface area contributed by atoms with E-state index in [2.05, 4.69) is 69.4 Å². The smallest absolute Gasteiger partial charge is 0.143 e. The molecule has 5 rings (SSSR count). The highest BCUT2D eigenvalue weighted by Crippen LogP contribution is 2.35. The van der Waals surface area contributed by atoms with Crippen molar-refractivity contribution in [1.29, 1.82) is 0 Å². The third kappa shape index (κ3) is 3.53. The summed E-state index contributed by atoms with van der Waals surface area (Å²) in [6.45, 7) is 4.19. The summed E-state index contributed by atoms with van der Waals surface area (Å²) in [5.74, 6) is 0.996. The maximum absolute atomic E-state index is 9.64. The van der Waals surface area contributed by atoms with E-state index in [1.807, 2.05) is 24.4 Å². The summed E-state index contributed by atoms with van der Waals surface area (Å²) in [6, 6.07) is 19.7. The number of nitrogens with zero attached hydrogens (tertiary/aromatic N) is 2. The first-order chi connectivity index (χ1) is 15.1. The van der Waals surface area contributed by atoms with Gasteiger partial charge in [-0.15, -0.1) is 0 Å². The molecule has 0 fully saturated rings. The maximum atomic E-state index is 9.64. The van der Waals surface area contributed by atoms with Crippen LogP contribution in [0.15, 0.2) is 73.2 Å². The van der Waals surface area contributed by atoms with E-state index in [1.54, 1.807) is 18.5 Å². The maximum Gasteiger partial charge on any atom is 0.143 e. The second kappa shape index (κ2) is 7.65. The molecule has 5 aromatic rings. The topological polar surface area (TPSA) is 89.6 Å². The second-order valence-electron chi connectivity index (χ2n) is 7.71. The molecule has 4 N–H and O–H groups in total. The number of hydrogen-bond donors (Lipinski definition) is 4. The summed E-state index contributed by atoms with van der Waals surface area (Å²) in [4.78, 5) is 15.7. The van der Waals surface area contributed by atoms with Gasteiger partial charge in [0.25, 0.3) is 0 Å². The Morgan fingerprint density at radius 3 is 2.45 bits per heavy atom. The number of anilines is 1. The minimum atomic E-state index is -0.00965. The van der Waals surface area contributed by atoms with Crippen LogP contribution < -0.4 is 5.32 Å². The SMILES string of the molecule is Cc1cc(-c2ccccc2)c([C@H](C)Nc2ncnc3[nH]cc(-c4ccc(O)cc4)c23)[nH]1. The highest BCUT2D eigenvalue weighted by molar-refractivity contribution is 6.01. The van der Waals surface area contributed by atoms with Crippen molar-refractivity contribution in [1.82, 2.24) is 19.9 Å². The van der Waals surface area contributed by atoms with Crippen molar-refractivity contribution in [3.63, 3.8) is 0 Å². The number of H-pyrrole nitrogens is 2. The summed E-state index contributed by atoms with van der Waals surface area (Å²) >= 11 is 0. The number of aromatic nitrogens is 4. The molecule has 0 aliphatic heterocycles. The molecular formula is C25H23N5O. The van der Waals surface area contributed by atoms with E-state index in [-0.39, 0.29) is 11.8 Å². The molecule has 0 aliphatic rings. The molecule has 6 heteroatoms. The van der Waals surface area contributed by atoms with Crippen LogP contribution in [-0.2, 0) is 0 Å². The van der Waals surface area contributed by atoms with Gasteiger partial charge in [-0.25, -0.2) is 9.97 Å². The molecule has 0 saturated heterocycles. The van der Waals surface area contributed by atoms with Crippen LogP contribution in [0.2, 0.25) is 0 Å². The van der Waals surface area contributed by atoms with Crippen LogP contribution in [0.4, 0.5) is 5.82 Å². The first-order valence-electron chi connectivity index (χ1n) is 10.2. The zero-order valence-corrected chi connectivity index (χ0v) is 17.3. The number of aromatic amines is 2. The van der Waals surface area contributed by atoms with Gasteiger partial charge in [-0.05, 0) is 43.2 Å². The van der Waals surface area contributed by atoms with E-state index >= 15 is 0 Å². The van der Waals surface area contributed by atoms with Gasteiger partial charge in [-0.1, -0.05) is 42.5 Å². The number of aryl methyl sites for hydroxylation is 1. The zero-order valence-electron chi connectivity index (χ0n) is 17.3. The minimum Gasteiger partial charge on any atom is -0.508 e. The normalized spacial score (nSPS) is 12.2. The van der Waals surface area contributed by atoms with Gasteiger partial charge in [-0.2, -0.15) is 0 Å². The van der Waals surface area contributed by atoms with Gasteiger partial charge in [0.1, 0.15) is 23.5 Å². The average Bonchev–Trinajstić information content (AvgIpc) is 3.39. The van der Waals surface area contributed by atoms with Crippen molar-refractivity contribution in [3.8, 4) is 28.0 Å². The molecule has 0 spiro atoms. The standard InChI is InChI=1S/C25H23N5O/c1-15-12-20(17-6-4-3-5-7-17)23(29-15)16(2)30-25-22-21(13-26-24(22)27-14-28-25)18-8-10-19(31)11-9-18/h3-14,16,29,31H,1-2H3,(H2,26,27,28,30)/t16-/m0/s1. The molecule has 6 nitrogen and oxygen atoms in total. The Balaban J connectivity index is 1.55. The molecule has 0 radical (unpaired) electrons. The lowest BCUT2D eigenvalue weighted by atomic mass is 10.0. The van der Waals surface area contributed by atoms with E-state index in [9.17, 15) is 5.11 Å². The van der Waals surface area contributed by atoms with Gasteiger partial charge in [0, 0.05) is 28.7 Å². The monoisotopic (exact) mass is 409 g/mol. The molecule has 3 heterocycles. The molecule has 0 unspecified atom stereocenters. The Morgan fingerprint density at radius 1 is 0.935 bits per heavy atom. The van der Waals surface area contributed by atoms with Crippen molar-refractivity contribution in [2.24, 2.45) is 0 Å². The van der Waals surface area contributed by atoms with E-state index in [0.29, 0.717) is 0 Å². The minimum absolute atomic E-state index is 0.00965. The summed E-state index contributed by atoms with van der Waals surface area (Å²) in [5.41, 5.74) is 7.30. The van der Waals surface area contributed by atoms with Crippen molar-refractivity contribution >= 4 is 16.9 Å². The highest BCUT2D eigenvalue weighted by Gasteiger charge is 2.19. The van der Waals surface area contributed by atoms with E-state index in [4.69, 9.17) is 0 Å². The van der Waals surface area contributed by atoms with Gasteiger partial charge in [-0.3, -0.25) is 0 Å². The number of phenols is 1. The van der Waals surface area contributed by atoms with E-state index < -0.39 is 0 Å². The average molecular weight is 409 g/mol. The molecule has 0 amide bonds. The van der Waals surface area contributed by atoms with Crippen molar-refractivity contribution < 1.29 is 5.11 Å². The molecule has 0 bridgehead atoms. The Hall–Kier alpha value is -4.06. The van der Waals surface area contributed by atoms with Crippen LogP contribution in [0.25, 0.3) is 33.3 Å².